The fourth-order valence-corrected chi connectivity index (χ4v) is 8.74. The third-order valence-corrected chi connectivity index (χ3v) is 11.5. The monoisotopic (exact) mass is 593 g/mol. The standard InChI is InChI=1S/C30H42F2N3O5P/c1-5-20-17-30(20,41(39,40)18-21-22(31)12-8-13-23(21)32)34-27(37)24-14-9-15-35(24)28(38)26(29(2,3)4)33-25(36)16-19-10-6-7-11-19/h5,8,12-13,19-20,24,26H,1,6-7,9-11,14-18H2,2-4H3,(H,33,36)(H,34,37)(H,39,40)/t20-,24+,26-,30+/m1/s1. The third kappa shape index (κ3) is 6.59. The summed E-state index contributed by atoms with van der Waals surface area (Å²) in [6.07, 6.45) is 6.23. The molecule has 1 heterocycles. The van der Waals surface area contributed by atoms with Crippen LogP contribution in [-0.4, -0.2) is 51.4 Å². The summed E-state index contributed by atoms with van der Waals surface area (Å²) in [4.78, 5) is 52.9. The molecule has 1 aliphatic heterocycles. The first-order chi connectivity index (χ1) is 19.2. The molecule has 226 valence electrons. The van der Waals surface area contributed by atoms with E-state index in [1.54, 1.807) is 0 Å². The number of hydrogen-bond acceptors (Lipinski definition) is 4. The highest BCUT2D eigenvalue weighted by Crippen LogP contribution is 2.71. The maximum absolute atomic E-state index is 14.3. The van der Waals surface area contributed by atoms with E-state index in [0.29, 0.717) is 31.7 Å². The van der Waals surface area contributed by atoms with Crippen LogP contribution in [0.25, 0.3) is 0 Å². The summed E-state index contributed by atoms with van der Waals surface area (Å²) in [6.45, 7) is 9.57. The van der Waals surface area contributed by atoms with E-state index in [1.807, 2.05) is 20.8 Å². The second-order valence-corrected chi connectivity index (χ2v) is 15.4. The van der Waals surface area contributed by atoms with Crippen LogP contribution in [0.1, 0.15) is 77.7 Å². The Labute approximate surface area is 240 Å². The zero-order valence-electron chi connectivity index (χ0n) is 24.1. The van der Waals surface area contributed by atoms with Crippen molar-refractivity contribution in [3.63, 3.8) is 0 Å². The number of rotatable bonds is 10. The number of halogens is 2. The molecule has 5 atom stereocenters. The molecule has 1 aromatic carbocycles. The molecule has 3 amide bonds. The van der Waals surface area contributed by atoms with Gasteiger partial charge in [0.25, 0.3) is 0 Å². The molecule has 11 heteroatoms. The van der Waals surface area contributed by atoms with Gasteiger partial charge in [-0.2, -0.15) is 0 Å². The van der Waals surface area contributed by atoms with Crippen molar-refractivity contribution in [2.75, 3.05) is 6.54 Å². The zero-order valence-corrected chi connectivity index (χ0v) is 25.0. The number of carbonyl (C=O) groups is 3. The van der Waals surface area contributed by atoms with Gasteiger partial charge in [-0.3, -0.25) is 18.9 Å². The maximum atomic E-state index is 14.3. The molecule has 3 fully saturated rings. The quantitative estimate of drug-likeness (QED) is 0.265. The lowest BCUT2D eigenvalue weighted by Crippen LogP contribution is -2.58. The zero-order chi connectivity index (χ0) is 30.2. The normalized spacial score (nSPS) is 26.7. The highest BCUT2D eigenvalue weighted by atomic mass is 31.2. The Hall–Kier alpha value is -2.58. The Balaban J connectivity index is 1.50. The van der Waals surface area contributed by atoms with Crippen LogP contribution in [0.3, 0.4) is 0 Å². The van der Waals surface area contributed by atoms with Gasteiger partial charge in [-0.15, -0.1) is 6.58 Å². The van der Waals surface area contributed by atoms with Gasteiger partial charge in [0.05, 0.1) is 6.16 Å². The van der Waals surface area contributed by atoms with Gasteiger partial charge >= 0.3 is 0 Å². The highest BCUT2D eigenvalue weighted by Gasteiger charge is 2.65. The Morgan fingerprint density at radius 1 is 1.17 bits per heavy atom. The third-order valence-electron chi connectivity index (χ3n) is 8.87. The summed E-state index contributed by atoms with van der Waals surface area (Å²) < 4.78 is 42.3. The van der Waals surface area contributed by atoms with Crippen LogP contribution in [0.2, 0.25) is 0 Å². The van der Waals surface area contributed by atoms with E-state index in [-0.39, 0.29) is 18.2 Å². The number of amides is 3. The summed E-state index contributed by atoms with van der Waals surface area (Å²) in [7, 11) is -4.39. The number of carbonyl (C=O) groups excluding carboxylic acids is 3. The molecule has 1 unspecified atom stereocenters. The molecule has 4 rings (SSSR count). The first-order valence-electron chi connectivity index (χ1n) is 14.5. The predicted octanol–water partition coefficient (Wildman–Crippen LogP) is 4.86. The van der Waals surface area contributed by atoms with E-state index in [9.17, 15) is 32.6 Å². The van der Waals surface area contributed by atoms with Crippen molar-refractivity contribution in [2.24, 2.45) is 17.3 Å². The molecule has 8 nitrogen and oxygen atoms in total. The van der Waals surface area contributed by atoms with Crippen LogP contribution in [0.5, 0.6) is 0 Å². The van der Waals surface area contributed by atoms with Gasteiger partial charge in [0, 0.05) is 24.4 Å². The van der Waals surface area contributed by atoms with Crippen molar-refractivity contribution in [1.29, 1.82) is 0 Å². The summed E-state index contributed by atoms with van der Waals surface area (Å²) >= 11 is 0. The summed E-state index contributed by atoms with van der Waals surface area (Å²) in [5, 5.41) is 4.01. The molecular formula is C30H42F2N3O5P. The molecular weight excluding hydrogens is 551 g/mol. The van der Waals surface area contributed by atoms with Crippen LogP contribution in [0.4, 0.5) is 8.78 Å². The van der Waals surface area contributed by atoms with Gasteiger partial charge in [0.15, 0.2) is 0 Å². The van der Waals surface area contributed by atoms with E-state index in [4.69, 9.17) is 0 Å². The van der Waals surface area contributed by atoms with E-state index < -0.39 is 65.3 Å². The van der Waals surface area contributed by atoms with Gasteiger partial charge in [-0.05, 0) is 55.6 Å². The maximum Gasteiger partial charge on any atom is 0.246 e. The average Bonchev–Trinajstić information content (AvgIpc) is 3.22. The van der Waals surface area contributed by atoms with Crippen LogP contribution in [-0.2, 0) is 25.1 Å². The summed E-state index contributed by atoms with van der Waals surface area (Å²) in [5.41, 5.74) is -1.14. The van der Waals surface area contributed by atoms with Crippen LogP contribution >= 0.6 is 7.37 Å². The molecule has 41 heavy (non-hydrogen) atoms. The molecule has 0 aromatic heterocycles. The van der Waals surface area contributed by atoms with Crippen molar-refractivity contribution in [1.82, 2.24) is 15.5 Å². The van der Waals surface area contributed by atoms with E-state index in [2.05, 4.69) is 17.2 Å². The van der Waals surface area contributed by atoms with Crippen LogP contribution in [0.15, 0.2) is 30.9 Å². The SMILES string of the molecule is C=C[C@@H]1C[C@]1(NC(=O)[C@@H]1CCCN1C(=O)[C@@H](NC(=O)CC1CCCC1)C(C)(C)C)P(=O)(O)Cc1c(F)cccc1F. The molecule has 1 saturated heterocycles. The van der Waals surface area contributed by atoms with Crippen LogP contribution < -0.4 is 10.6 Å². The predicted molar refractivity (Wildman–Crippen MR) is 152 cm³/mol. The average molecular weight is 594 g/mol. The molecule has 0 radical (unpaired) electrons. The number of nitrogens with one attached hydrogen (secondary N) is 2. The topological polar surface area (TPSA) is 116 Å². The van der Waals surface area contributed by atoms with Gasteiger partial charge in [-0.1, -0.05) is 45.8 Å². The van der Waals surface area contributed by atoms with Gasteiger partial charge in [-0.25, -0.2) is 8.78 Å². The van der Waals surface area contributed by atoms with E-state index >= 15 is 0 Å². The minimum atomic E-state index is -4.39. The number of nitrogens with zero attached hydrogens (tertiary/aromatic N) is 1. The Bertz CT molecular complexity index is 1220. The fourth-order valence-electron chi connectivity index (χ4n) is 6.34. The molecule has 2 aliphatic carbocycles. The van der Waals surface area contributed by atoms with Crippen molar-refractivity contribution in [2.45, 2.75) is 95.7 Å². The molecule has 2 saturated carbocycles. The Morgan fingerprint density at radius 2 is 1.80 bits per heavy atom. The summed E-state index contributed by atoms with van der Waals surface area (Å²) in [6, 6.07) is 1.44. The fraction of sp³-hybridized carbons (Fsp3) is 0.633. The molecule has 3 N–H and O–H groups in total. The molecule has 0 spiro atoms. The number of benzene rings is 1. The van der Waals surface area contributed by atoms with Crippen molar-refractivity contribution in [3.05, 3.63) is 48.1 Å². The largest absolute Gasteiger partial charge is 0.344 e. The van der Waals surface area contributed by atoms with E-state index in [1.165, 1.54) is 17.0 Å². The van der Waals surface area contributed by atoms with Gasteiger partial charge in [0.1, 0.15) is 29.0 Å². The number of likely N-dealkylation sites (tertiary alicyclic amines) is 1. The van der Waals surface area contributed by atoms with Crippen molar-refractivity contribution >= 4 is 25.1 Å². The van der Waals surface area contributed by atoms with Gasteiger partial charge < -0.3 is 20.4 Å². The smallest absolute Gasteiger partial charge is 0.246 e. The Morgan fingerprint density at radius 3 is 2.37 bits per heavy atom. The van der Waals surface area contributed by atoms with Crippen molar-refractivity contribution < 1.29 is 32.6 Å². The molecule has 3 aliphatic rings. The molecule has 0 bridgehead atoms. The van der Waals surface area contributed by atoms with Crippen LogP contribution in [0, 0.1) is 28.9 Å². The van der Waals surface area contributed by atoms with E-state index in [0.717, 1.165) is 37.8 Å². The minimum absolute atomic E-state index is 0.0919. The lowest BCUT2D eigenvalue weighted by atomic mass is 9.85. The Kier molecular flexibility index (Phi) is 9.15. The second-order valence-electron chi connectivity index (χ2n) is 12.9. The highest BCUT2D eigenvalue weighted by molar-refractivity contribution is 7.59. The second kappa shape index (κ2) is 12.0. The molecule has 1 aromatic rings. The summed E-state index contributed by atoms with van der Waals surface area (Å²) in [5.74, 6) is -3.29. The van der Waals surface area contributed by atoms with Crippen molar-refractivity contribution in [3.8, 4) is 0 Å². The van der Waals surface area contributed by atoms with Gasteiger partial charge in [0.2, 0.25) is 25.1 Å². The minimum Gasteiger partial charge on any atom is -0.344 e. The first kappa shape index (κ1) is 31.4. The lowest BCUT2D eigenvalue weighted by Gasteiger charge is -2.36. The number of hydrogen-bond donors (Lipinski definition) is 3. The lowest BCUT2D eigenvalue weighted by molar-refractivity contribution is -0.144. The first-order valence-corrected chi connectivity index (χ1v) is 16.3.